The Kier molecular flexibility index (Phi) is 4.00. The zero-order chi connectivity index (χ0) is 19.1. The normalized spacial score (nSPS) is 17.9. The molecule has 0 aliphatic carbocycles. The van der Waals surface area contributed by atoms with Crippen molar-refractivity contribution in [2.75, 3.05) is 13.2 Å². The number of fused-ring (bicyclic) bond motifs is 2. The molecule has 2 aromatic carbocycles. The molecule has 0 fully saturated rings. The smallest absolute Gasteiger partial charge is 0.267 e. The lowest BCUT2D eigenvalue weighted by atomic mass is 10.0. The molecule has 0 N–H and O–H groups in total. The number of carbonyl (C=O) groups excluding carboxylic acids is 1. The Balaban J connectivity index is 1.33. The summed E-state index contributed by atoms with van der Waals surface area (Å²) in [6, 6.07) is 13.4. The molecule has 7 heteroatoms. The fraction of sp³-hybridized carbons (Fsp3) is 0.238. The molecule has 0 spiro atoms. The number of hydrogen-bond donors (Lipinski definition) is 0. The third-order valence-corrected chi connectivity index (χ3v) is 5.04. The van der Waals surface area contributed by atoms with Crippen LogP contribution < -0.4 is 9.47 Å². The summed E-state index contributed by atoms with van der Waals surface area (Å²) in [6.07, 6.45) is -0.0681. The van der Waals surface area contributed by atoms with Crippen LogP contribution in [0.2, 0.25) is 0 Å². The van der Waals surface area contributed by atoms with Gasteiger partial charge in [0.05, 0.1) is 6.54 Å². The molecular formula is C21H17FN2O4. The Morgan fingerprint density at radius 1 is 1.11 bits per heavy atom. The Labute approximate surface area is 160 Å². The van der Waals surface area contributed by atoms with Crippen LogP contribution in [0.15, 0.2) is 53.1 Å². The van der Waals surface area contributed by atoms with Crippen molar-refractivity contribution in [2.24, 2.45) is 0 Å². The second-order valence-corrected chi connectivity index (χ2v) is 6.82. The predicted molar refractivity (Wildman–Crippen MR) is 97.4 cm³/mol. The Bertz CT molecular complexity index is 1030. The standard InChI is InChI=1S/C21H17FN2O4/c22-14-7-5-13(6-8-14)20-15-9-10-24(11-16(15)23-28-20)21(25)19-12-26-17-3-1-2-4-18(17)27-19/h1-8,19H,9-12H2. The highest BCUT2D eigenvalue weighted by Gasteiger charge is 2.34. The molecule has 6 nitrogen and oxygen atoms in total. The van der Waals surface area contributed by atoms with Crippen LogP contribution in [0.1, 0.15) is 11.3 Å². The predicted octanol–water partition coefficient (Wildman–Crippen LogP) is 3.21. The van der Waals surface area contributed by atoms with Crippen LogP contribution in [-0.2, 0) is 17.8 Å². The van der Waals surface area contributed by atoms with E-state index in [-0.39, 0.29) is 18.3 Å². The van der Waals surface area contributed by atoms with Gasteiger partial charge in [0.2, 0.25) is 6.10 Å². The summed E-state index contributed by atoms with van der Waals surface area (Å²) in [6.45, 7) is 1.06. The quantitative estimate of drug-likeness (QED) is 0.683. The molecule has 0 saturated heterocycles. The van der Waals surface area contributed by atoms with E-state index in [0.717, 1.165) is 16.8 Å². The summed E-state index contributed by atoms with van der Waals surface area (Å²) in [4.78, 5) is 14.6. The zero-order valence-electron chi connectivity index (χ0n) is 14.9. The van der Waals surface area contributed by atoms with Crippen molar-refractivity contribution >= 4 is 5.91 Å². The van der Waals surface area contributed by atoms with Crippen molar-refractivity contribution < 1.29 is 23.2 Å². The van der Waals surface area contributed by atoms with Crippen LogP contribution >= 0.6 is 0 Å². The summed E-state index contributed by atoms with van der Waals surface area (Å²) >= 11 is 0. The van der Waals surface area contributed by atoms with E-state index >= 15 is 0 Å². The summed E-state index contributed by atoms with van der Waals surface area (Å²) in [5.74, 6) is 1.42. The van der Waals surface area contributed by atoms with Crippen molar-refractivity contribution in [3.63, 3.8) is 0 Å². The van der Waals surface area contributed by atoms with Gasteiger partial charge in [0.15, 0.2) is 17.3 Å². The number of para-hydroxylation sites is 2. The maximum absolute atomic E-state index is 13.2. The molecular weight excluding hydrogens is 363 g/mol. The van der Waals surface area contributed by atoms with Gasteiger partial charge in [0.25, 0.3) is 5.91 Å². The first-order chi connectivity index (χ1) is 13.7. The summed E-state index contributed by atoms with van der Waals surface area (Å²) in [5, 5.41) is 4.13. The highest BCUT2D eigenvalue weighted by molar-refractivity contribution is 5.82. The summed E-state index contributed by atoms with van der Waals surface area (Å²) < 4.78 is 30.1. The minimum Gasteiger partial charge on any atom is -0.485 e. The number of hydrogen-bond acceptors (Lipinski definition) is 5. The van der Waals surface area contributed by atoms with Crippen LogP contribution in [0.25, 0.3) is 11.3 Å². The second-order valence-electron chi connectivity index (χ2n) is 6.82. The first-order valence-corrected chi connectivity index (χ1v) is 9.09. The number of ether oxygens (including phenoxy) is 2. The number of amides is 1. The maximum Gasteiger partial charge on any atom is 0.267 e. The number of rotatable bonds is 2. The van der Waals surface area contributed by atoms with Crippen LogP contribution in [0.5, 0.6) is 11.5 Å². The van der Waals surface area contributed by atoms with Gasteiger partial charge < -0.3 is 18.9 Å². The average molecular weight is 380 g/mol. The highest BCUT2D eigenvalue weighted by atomic mass is 19.1. The van der Waals surface area contributed by atoms with Crippen molar-refractivity contribution in [1.29, 1.82) is 0 Å². The van der Waals surface area contributed by atoms with Crippen LogP contribution in [0.4, 0.5) is 4.39 Å². The molecule has 2 aliphatic rings. The molecule has 2 aliphatic heterocycles. The van der Waals surface area contributed by atoms with Gasteiger partial charge in [-0.15, -0.1) is 0 Å². The molecule has 0 saturated carbocycles. The monoisotopic (exact) mass is 380 g/mol. The first-order valence-electron chi connectivity index (χ1n) is 9.09. The van der Waals surface area contributed by atoms with Crippen molar-refractivity contribution in [2.45, 2.75) is 19.1 Å². The fourth-order valence-corrected chi connectivity index (χ4v) is 3.59. The number of carbonyl (C=O) groups is 1. The van der Waals surface area contributed by atoms with E-state index in [1.807, 2.05) is 18.2 Å². The molecule has 3 aromatic rings. The van der Waals surface area contributed by atoms with Gasteiger partial charge in [0, 0.05) is 17.7 Å². The SMILES string of the molecule is O=C(C1COc2ccccc2O1)N1CCc2c(noc2-c2ccc(F)cc2)C1. The van der Waals surface area contributed by atoms with E-state index in [4.69, 9.17) is 14.0 Å². The van der Waals surface area contributed by atoms with Crippen molar-refractivity contribution in [3.8, 4) is 22.8 Å². The van der Waals surface area contributed by atoms with Gasteiger partial charge in [0.1, 0.15) is 18.1 Å². The van der Waals surface area contributed by atoms with E-state index in [0.29, 0.717) is 36.8 Å². The summed E-state index contributed by atoms with van der Waals surface area (Å²) in [5.41, 5.74) is 2.45. The van der Waals surface area contributed by atoms with Gasteiger partial charge in [-0.25, -0.2) is 4.39 Å². The van der Waals surface area contributed by atoms with Crippen molar-refractivity contribution in [1.82, 2.24) is 10.1 Å². The fourth-order valence-electron chi connectivity index (χ4n) is 3.59. The number of nitrogens with zero attached hydrogens (tertiary/aromatic N) is 2. The molecule has 0 radical (unpaired) electrons. The van der Waals surface area contributed by atoms with E-state index in [9.17, 15) is 9.18 Å². The maximum atomic E-state index is 13.2. The molecule has 1 atom stereocenters. The topological polar surface area (TPSA) is 64.8 Å². The molecule has 0 bridgehead atoms. The number of benzene rings is 2. The van der Waals surface area contributed by atoms with Gasteiger partial charge in [-0.1, -0.05) is 17.3 Å². The third-order valence-electron chi connectivity index (χ3n) is 5.04. The minimum atomic E-state index is -0.681. The number of halogens is 1. The molecule has 3 heterocycles. The Hall–Kier alpha value is -3.35. The largest absolute Gasteiger partial charge is 0.485 e. The minimum absolute atomic E-state index is 0.133. The Morgan fingerprint density at radius 3 is 2.71 bits per heavy atom. The van der Waals surface area contributed by atoms with Crippen LogP contribution in [-0.4, -0.2) is 35.2 Å². The first kappa shape index (κ1) is 16.8. The Morgan fingerprint density at radius 2 is 1.89 bits per heavy atom. The highest BCUT2D eigenvalue weighted by Crippen LogP contribution is 2.33. The van der Waals surface area contributed by atoms with Gasteiger partial charge in [-0.3, -0.25) is 4.79 Å². The molecule has 5 rings (SSSR count). The molecule has 1 amide bonds. The lowest BCUT2D eigenvalue weighted by Gasteiger charge is -2.32. The van der Waals surface area contributed by atoms with Crippen LogP contribution in [0.3, 0.4) is 0 Å². The van der Waals surface area contributed by atoms with E-state index in [1.54, 1.807) is 23.1 Å². The summed E-state index contributed by atoms with van der Waals surface area (Å²) in [7, 11) is 0. The molecule has 1 unspecified atom stereocenters. The average Bonchev–Trinajstić information content (AvgIpc) is 3.16. The van der Waals surface area contributed by atoms with E-state index in [2.05, 4.69) is 5.16 Å². The van der Waals surface area contributed by atoms with E-state index in [1.165, 1.54) is 12.1 Å². The molecule has 1 aromatic heterocycles. The molecule has 142 valence electrons. The lowest BCUT2D eigenvalue weighted by Crippen LogP contribution is -2.48. The van der Waals surface area contributed by atoms with E-state index < -0.39 is 6.10 Å². The van der Waals surface area contributed by atoms with Gasteiger partial charge >= 0.3 is 0 Å². The lowest BCUT2D eigenvalue weighted by molar-refractivity contribution is -0.142. The van der Waals surface area contributed by atoms with Gasteiger partial charge in [-0.05, 0) is 42.8 Å². The molecule has 28 heavy (non-hydrogen) atoms. The van der Waals surface area contributed by atoms with Crippen molar-refractivity contribution in [3.05, 3.63) is 65.6 Å². The third kappa shape index (κ3) is 2.89. The second kappa shape index (κ2) is 6.67. The van der Waals surface area contributed by atoms with Crippen LogP contribution in [0, 0.1) is 5.82 Å². The zero-order valence-corrected chi connectivity index (χ0v) is 14.9. The number of aromatic nitrogens is 1. The van der Waals surface area contributed by atoms with Gasteiger partial charge in [-0.2, -0.15) is 0 Å².